The van der Waals surface area contributed by atoms with E-state index in [4.69, 9.17) is 0 Å². The minimum atomic E-state index is -0.615. The first-order chi connectivity index (χ1) is 7.27. The standard InChI is InChI=1S/C12H10BrNO/c13-11-6-10(7-14-8-11)12(15)9-4-2-1-3-5-9/h1-8,12,15H/t12-/m0/s1. The molecule has 2 rings (SSSR count). The van der Waals surface area contributed by atoms with Gasteiger partial charge in [-0.3, -0.25) is 4.98 Å². The van der Waals surface area contributed by atoms with Crippen LogP contribution in [-0.2, 0) is 0 Å². The van der Waals surface area contributed by atoms with Crippen molar-refractivity contribution >= 4 is 15.9 Å². The van der Waals surface area contributed by atoms with E-state index >= 15 is 0 Å². The Labute approximate surface area is 96.7 Å². The van der Waals surface area contributed by atoms with Crippen LogP contribution in [0, 0.1) is 0 Å². The Morgan fingerprint density at radius 1 is 1.07 bits per heavy atom. The molecule has 1 atom stereocenters. The van der Waals surface area contributed by atoms with Crippen LogP contribution >= 0.6 is 15.9 Å². The summed E-state index contributed by atoms with van der Waals surface area (Å²) in [6.45, 7) is 0. The molecule has 1 aromatic heterocycles. The van der Waals surface area contributed by atoms with E-state index in [-0.39, 0.29) is 0 Å². The lowest BCUT2D eigenvalue weighted by Crippen LogP contribution is -1.99. The van der Waals surface area contributed by atoms with Crippen LogP contribution < -0.4 is 0 Å². The molecule has 0 fully saturated rings. The predicted molar refractivity (Wildman–Crippen MR) is 62.4 cm³/mol. The highest BCUT2D eigenvalue weighted by Crippen LogP contribution is 2.22. The lowest BCUT2D eigenvalue weighted by Gasteiger charge is -2.10. The van der Waals surface area contributed by atoms with Crippen molar-refractivity contribution in [2.75, 3.05) is 0 Å². The van der Waals surface area contributed by atoms with E-state index in [2.05, 4.69) is 20.9 Å². The highest BCUT2D eigenvalue weighted by Gasteiger charge is 2.09. The summed E-state index contributed by atoms with van der Waals surface area (Å²) >= 11 is 3.33. The smallest absolute Gasteiger partial charge is 0.106 e. The quantitative estimate of drug-likeness (QED) is 0.904. The summed E-state index contributed by atoms with van der Waals surface area (Å²) in [5.41, 5.74) is 1.66. The monoisotopic (exact) mass is 263 g/mol. The van der Waals surface area contributed by atoms with Crippen molar-refractivity contribution in [1.82, 2.24) is 4.98 Å². The highest BCUT2D eigenvalue weighted by molar-refractivity contribution is 9.10. The van der Waals surface area contributed by atoms with Crippen LogP contribution in [0.5, 0.6) is 0 Å². The first-order valence-electron chi connectivity index (χ1n) is 4.61. The van der Waals surface area contributed by atoms with E-state index in [9.17, 15) is 5.11 Å². The molecule has 15 heavy (non-hydrogen) atoms. The van der Waals surface area contributed by atoms with Crippen molar-refractivity contribution in [3.8, 4) is 0 Å². The Morgan fingerprint density at radius 2 is 1.80 bits per heavy atom. The van der Waals surface area contributed by atoms with Crippen LogP contribution in [0.1, 0.15) is 17.2 Å². The summed E-state index contributed by atoms with van der Waals surface area (Å²) in [6, 6.07) is 11.4. The third-order valence-corrected chi connectivity index (χ3v) is 2.59. The zero-order valence-corrected chi connectivity index (χ0v) is 9.55. The van der Waals surface area contributed by atoms with Crippen LogP contribution in [0.25, 0.3) is 0 Å². The molecule has 2 aromatic rings. The molecule has 3 heteroatoms. The fourth-order valence-corrected chi connectivity index (χ4v) is 1.79. The van der Waals surface area contributed by atoms with Gasteiger partial charge in [-0.15, -0.1) is 0 Å². The third-order valence-electron chi connectivity index (χ3n) is 2.16. The van der Waals surface area contributed by atoms with Gasteiger partial charge in [0.25, 0.3) is 0 Å². The van der Waals surface area contributed by atoms with Crippen molar-refractivity contribution in [1.29, 1.82) is 0 Å². The number of nitrogens with zero attached hydrogens (tertiary/aromatic N) is 1. The molecule has 1 heterocycles. The zero-order valence-electron chi connectivity index (χ0n) is 7.97. The summed E-state index contributed by atoms with van der Waals surface area (Å²) < 4.78 is 0.870. The van der Waals surface area contributed by atoms with Gasteiger partial charge in [0, 0.05) is 22.4 Å². The largest absolute Gasteiger partial charge is 0.384 e. The number of aliphatic hydroxyl groups excluding tert-OH is 1. The number of aromatic nitrogens is 1. The van der Waals surface area contributed by atoms with Crippen molar-refractivity contribution in [3.63, 3.8) is 0 Å². The van der Waals surface area contributed by atoms with Crippen LogP contribution in [0.3, 0.4) is 0 Å². The summed E-state index contributed by atoms with van der Waals surface area (Å²) in [5.74, 6) is 0. The molecule has 0 bridgehead atoms. The number of pyridine rings is 1. The second-order valence-corrected chi connectivity index (χ2v) is 4.17. The maximum absolute atomic E-state index is 10.1. The van der Waals surface area contributed by atoms with E-state index < -0.39 is 6.10 Å². The third kappa shape index (κ3) is 2.43. The van der Waals surface area contributed by atoms with Gasteiger partial charge >= 0.3 is 0 Å². The Morgan fingerprint density at radius 3 is 2.47 bits per heavy atom. The second kappa shape index (κ2) is 4.55. The van der Waals surface area contributed by atoms with Crippen molar-refractivity contribution in [3.05, 3.63) is 64.4 Å². The SMILES string of the molecule is O[C@@H](c1ccccc1)c1cncc(Br)c1. The predicted octanol–water partition coefficient (Wildman–Crippen LogP) is 2.93. The number of aliphatic hydroxyl groups is 1. The van der Waals surface area contributed by atoms with Crippen molar-refractivity contribution in [2.45, 2.75) is 6.10 Å². The molecule has 1 N–H and O–H groups in total. The van der Waals surface area contributed by atoms with Crippen LogP contribution in [0.2, 0.25) is 0 Å². The van der Waals surface area contributed by atoms with Gasteiger partial charge in [0.1, 0.15) is 6.10 Å². The Balaban J connectivity index is 2.32. The van der Waals surface area contributed by atoms with Gasteiger partial charge in [-0.2, -0.15) is 0 Å². The Hall–Kier alpha value is -1.19. The molecule has 0 saturated heterocycles. The summed E-state index contributed by atoms with van der Waals surface area (Å²) in [4.78, 5) is 4.02. The van der Waals surface area contributed by atoms with Gasteiger partial charge in [0.2, 0.25) is 0 Å². The van der Waals surface area contributed by atoms with Crippen molar-refractivity contribution in [2.24, 2.45) is 0 Å². The fraction of sp³-hybridized carbons (Fsp3) is 0.0833. The van der Waals surface area contributed by atoms with E-state index in [0.29, 0.717) is 0 Å². The van der Waals surface area contributed by atoms with E-state index in [0.717, 1.165) is 15.6 Å². The van der Waals surface area contributed by atoms with Gasteiger partial charge in [-0.25, -0.2) is 0 Å². The molecule has 2 nitrogen and oxygen atoms in total. The zero-order chi connectivity index (χ0) is 10.7. The lowest BCUT2D eigenvalue weighted by molar-refractivity contribution is 0.220. The molecule has 0 spiro atoms. The number of hydrogen-bond donors (Lipinski definition) is 1. The van der Waals surface area contributed by atoms with Crippen LogP contribution in [0.4, 0.5) is 0 Å². The Kier molecular flexibility index (Phi) is 3.14. The van der Waals surface area contributed by atoms with Gasteiger partial charge < -0.3 is 5.11 Å². The van der Waals surface area contributed by atoms with E-state index in [1.807, 2.05) is 36.4 Å². The molecule has 0 saturated carbocycles. The van der Waals surface area contributed by atoms with Gasteiger partial charge in [-0.1, -0.05) is 30.3 Å². The molecule has 0 amide bonds. The summed E-state index contributed by atoms with van der Waals surface area (Å²) in [5, 5.41) is 10.1. The molecule has 0 unspecified atom stereocenters. The maximum Gasteiger partial charge on any atom is 0.106 e. The minimum absolute atomic E-state index is 0.615. The molecule has 1 aromatic carbocycles. The van der Waals surface area contributed by atoms with E-state index in [1.54, 1.807) is 12.4 Å². The van der Waals surface area contributed by atoms with Gasteiger partial charge in [-0.05, 0) is 27.6 Å². The average molecular weight is 264 g/mol. The molecular formula is C12H10BrNO. The summed E-state index contributed by atoms with van der Waals surface area (Å²) in [6.07, 6.45) is 2.75. The molecule has 0 aliphatic rings. The highest BCUT2D eigenvalue weighted by atomic mass is 79.9. The van der Waals surface area contributed by atoms with E-state index in [1.165, 1.54) is 0 Å². The second-order valence-electron chi connectivity index (χ2n) is 3.25. The van der Waals surface area contributed by atoms with Gasteiger partial charge in [0.15, 0.2) is 0 Å². The number of hydrogen-bond acceptors (Lipinski definition) is 2. The minimum Gasteiger partial charge on any atom is -0.384 e. The number of halogens is 1. The maximum atomic E-state index is 10.1. The number of rotatable bonds is 2. The lowest BCUT2D eigenvalue weighted by atomic mass is 10.0. The molecular weight excluding hydrogens is 254 g/mol. The summed E-state index contributed by atoms with van der Waals surface area (Å²) in [7, 11) is 0. The first-order valence-corrected chi connectivity index (χ1v) is 5.40. The fourth-order valence-electron chi connectivity index (χ4n) is 1.41. The molecule has 0 radical (unpaired) electrons. The van der Waals surface area contributed by atoms with Crippen LogP contribution in [-0.4, -0.2) is 10.1 Å². The van der Waals surface area contributed by atoms with Crippen molar-refractivity contribution < 1.29 is 5.11 Å². The topological polar surface area (TPSA) is 33.1 Å². The first kappa shape index (κ1) is 10.3. The molecule has 0 aliphatic carbocycles. The molecule has 76 valence electrons. The normalized spacial score (nSPS) is 12.4. The average Bonchev–Trinajstić information content (AvgIpc) is 2.29. The Bertz CT molecular complexity index is 444. The van der Waals surface area contributed by atoms with Gasteiger partial charge in [0.05, 0.1) is 0 Å². The number of benzene rings is 1. The molecule has 0 aliphatic heterocycles. The van der Waals surface area contributed by atoms with Crippen LogP contribution in [0.15, 0.2) is 53.3 Å².